The van der Waals surface area contributed by atoms with Crippen molar-refractivity contribution in [2.45, 2.75) is 37.9 Å². The number of carbonyl (C=O) groups excluding carboxylic acids is 2. The summed E-state index contributed by atoms with van der Waals surface area (Å²) in [5.74, 6) is 0.806. The molecule has 7 nitrogen and oxygen atoms in total. The second-order valence-electron chi connectivity index (χ2n) is 8.13. The predicted molar refractivity (Wildman–Crippen MR) is 116 cm³/mol. The van der Waals surface area contributed by atoms with E-state index in [0.717, 1.165) is 38.0 Å². The summed E-state index contributed by atoms with van der Waals surface area (Å²) in [6.45, 7) is 2.73. The number of aromatic nitrogens is 1. The van der Waals surface area contributed by atoms with E-state index in [1.54, 1.807) is 31.6 Å². The third-order valence-corrected chi connectivity index (χ3v) is 6.04. The maximum atomic E-state index is 12.8. The van der Waals surface area contributed by atoms with E-state index < -0.39 is 0 Å². The van der Waals surface area contributed by atoms with Gasteiger partial charge in [0.2, 0.25) is 0 Å². The first-order chi connectivity index (χ1) is 15.1. The summed E-state index contributed by atoms with van der Waals surface area (Å²) >= 11 is 0. The average molecular weight is 424 g/mol. The van der Waals surface area contributed by atoms with E-state index in [1.807, 2.05) is 34.1 Å². The summed E-state index contributed by atoms with van der Waals surface area (Å²) in [4.78, 5) is 33.0. The van der Waals surface area contributed by atoms with Crippen molar-refractivity contribution in [2.75, 3.05) is 33.3 Å². The molecule has 2 fully saturated rings. The van der Waals surface area contributed by atoms with Gasteiger partial charge in [-0.3, -0.25) is 14.6 Å². The van der Waals surface area contributed by atoms with Crippen LogP contribution in [-0.2, 0) is 4.74 Å². The van der Waals surface area contributed by atoms with Crippen molar-refractivity contribution < 1.29 is 19.1 Å². The number of nitrogens with zero attached hydrogens (tertiary/aromatic N) is 3. The highest BCUT2D eigenvalue weighted by Gasteiger charge is 2.26. The molecule has 164 valence electrons. The van der Waals surface area contributed by atoms with Gasteiger partial charge in [0, 0.05) is 64.1 Å². The first kappa shape index (κ1) is 21.3. The fourth-order valence-corrected chi connectivity index (χ4v) is 4.21. The van der Waals surface area contributed by atoms with Crippen LogP contribution in [0.15, 0.2) is 48.8 Å². The number of likely N-dealkylation sites (tertiary alicyclic amines) is 2. The lowest BCUT2D eigenvalue weighted by atomic mass is 10.1. The van der Waals surface area contributed by atoms with Crippen molar-refractivity contribution >= 4 is 11.8 Å². The van der Waals surface area contributed by atoms with Gasteiger partial charge in [0.15, 0.2) is 0 Å². The summed E-state index contributed by atoms with van der Waals surface area (Å²) < 4.78 is 11.5. The van der Waals surface area contributed by atoms with Gasteiger partial charge >= 0.3 is 0 Å². The number of hydrogen-bond donors (Lipinski definition) is 0. The first-order valence-electron chi connectivity index (χ1n) is 10.9. The molecule has 1 unspecified atom stereocenters. The van der Waals surface area contributed by atoms with Crippen LogP contribution in [0.5, 0.6) is 5.75 Å². The predicted octanol–water partition coefficient (Wildman–Crippen LogP) is 3.02. The van der Waals surface area contributed by atoms with E-state index in [-0.39, 0.29) is 24.0 Å². The van der Waals surface area contributed by atoms with Crippen molar-refractivity contribution in [1.82, 2.24) is 14.8 Å². The van der Waals surface area contributed by atoms with Gasteiger partial charge in [-0.1, -0.05) is 0 Å². The zero-order valence-electron chi connectivity index (χ0n) is 17.9. The summed E-state index contributed by atoms with van der Waals surface area (Å²) in [7, 11) is 1.70. The van der Waals surface area contributed by atoms with Crippen LogP contribution < -0.4 is 4.74 Å². The monoisotopic (exact) mass is 423 g/mol. The van der Waals surface area contributed by atoms with Gasteiger partial charge in [-0.2, -0.15) is 0 Å². The maximum Gasteiger partial charge on any atom is 0.255 e. The number of hydrogen-bond acceptors (Lipinski definition) is 5. The Kier molecular flexibility index (Phi) is 6.82. The molecule has 0 spiro atoms. The Morgan fingerprint density at radius 2 is 1.65 bits per heavy atom. The van der Waals surface area contributed by atoms with E-state index in [9.17, 15) is 9.59 Å². The molecule has 2 aliphatic heterocycles. The number of rotatable bonds is 5. The normalized spacial score (nSPS) is 19.8. The zero-order valence-corrected chi connectivity index (χ0v) is 17.9. The van der Waals surface area contributed by atoms with E-state index >= 15 is 0 Å². The van der Waals surface area contributed by atoms with Crippen LogP contribution in [0.3, 0.4) is 0 Å². The molecule has 0 aliphatic carbocycles. The number of piperidine rings is 2. The molecule has 0 bridgehead atoms. The van der Waals surface area contributed by atoms with E-state index in [4.69, 9.17) is 9.47 Å². The van der Waals surface area contributed by atoms with Gasteiger partial charge in [-0.25, -0.2) is 0 Å². The van der Waals surface area contributed by atoms with Crippen LogP contribution >= 0.6 is 0 Å². The molecule has 4 rings (SSSR count). The Hall–Kier alpha value is -2.93. The lowest BCUT2D eigenvalue weighted by molar-refractivity contribution is 0.0269. The molecule has 1 aromatic carbocycles. The molecule has 7 heteroatoms. The standard InChI is InChI=1S/C24H29N3O4/c1-30-22-5-3-13-27(17-22)23(28)18-6-8-20(9-7-18)31-21-10-14-26(15-11-21)24(29)19-4-2-12-25-16-19/h2,4,6-9,12,16,21-22H,3,5,10-11,13-15,17H2,1H3. The van der Waals surface area contributed by atoms with E-state index in [2.05, 4.69) is 4.98 Å². The Morgan fingerprint density at radius 1 is 0.903 bits per heavy atom. The number of carbonyl (C=O) groups is 2. The zero-order chi connectivity index (χ0) is 21.6. The molecule has 2 saturated heterocycles. The average Bonchev–Trinajstić information content (AvgIpc) is 2.84. The van der Waals surface area contributed by atoms with Gasteiger partial charge < -0.3 is 19.3 Å². The molecule has 2 amide bonds. The minimum atomic E-state index is 0.0165. The van der Waals surface area contributed by atoms with Crippen LogP contribution in [-0.4, -0.2) is 72.1 Å². The third kappa shape index (κ3) is 5.22. The van der Waals surface area contributed by atoms with Crippen molar-refractivity contribution in [3.63, 3.8) is 0 Å². The topological polar surface area (TPSA) is 72.0 Å². The number of pyridine rings is 1. The van der Waals surface area contributed by atoms with Crippen LogP contribution in [0.2, 0.25) is 0 Å². The van der Waals surface area contributed by atoms with Crippen LogP contribution in [0.25, 0.3) is 0 Å². The minimum Gasteiger partial charge on any atom is -0.490 e. The number of amides is 2. The molecule has 2 aromatic rings. The molecule has 3 heterocycles. The lowest BCUT2D eigenvalue weighted by Crippen LogP contribution is -2.42. The van der Waals surface area contributed by atoms with E-state index in [1.165, 1.54) is 0 Å². The largest absolute Gasteiger partial charge is 0.490 e. The number of ether oxygens (including phenoxy) is 2. The highest BCUT2D eigenvalue weighted by molar-refractivity contribution is 5.94. The van der Waals surface area contributed by atoms with E-state index in [0.29, 0.717) is 30.8 Å². The van der Waals surface area contributed by atoms with Crippen molar-refractivity contribution in [3.05, 3.63) is 59.9 Å². The molecule has 31 heavy (non-hydrogen) atoms. The maximum absolute atomic E-state index is 12.8. The van der Waals surface area contributed by atoms with Gasteiger partial charge in [0.25, 0.3) is 11.8 Å². The Labute approximate surface area is 183 Å². The smallest absolute Gasteiger partial charge is 0.255 e. The summed E-state index contributed by atoms with van der Waals surface area (Å²) in [5.41, 5.74) is 1.29. The van der Waals surface area contributed by atoms with Crippen LogP contribution in [0.1, 0.15) is 46.4 Å². The second kappa shape index (κ2) is 9.92. The third-order valence-electron chi connectivity index (χ3n) is 6.04. The Morgan fingerprint density at radius 3 is 2.32 bits per heavy atom. The quantitative estimate of drug-likeness (QED) is 0.739. The summed E-state index contributed by atoms with van der Waals surface area (Å²) in [5, 5.41) is 0. The molecule has 0 radical (unpaired) electrons. The Balaban J connectivity index is 1.28. The minimum absolute atomic E-state index is 0.0165. The first-order valence-corrected chi connectivity index (χ1v) is 10.9. The van der Waals surface area contributed by atoms with Crippen molar-refractivity contribution in [1.29, 1.82) is 0 Å². The van der Waals surface area contributed by atoms with Crippen LogP contribution in [0, 0.1) is 0 Å². The Bertz CT molecular complexity index is 879. The summed E-state index contributed by atoms with van der Waals surface area (Å²) in [6.07, 6.45) is 6.97. The highest BCUT2D eigenvalue weighted by Crippen LogP contribution is 2.22. The van der Waals surface area contributed by atoms with Gasteiger partial charge in [0.05, 0.1) is 11.7 Å². The molecule has 0 N–H and O–H groups in total. The lowest BCUT2D eigenvalue weighted by Gasteiger charge is -2.32. The number of methoxy groups -OCH3 is 1. The molecule has 2 aliphatic rings. The molecular formula is C24H29N3O4. The molecular weight excluding hydrogens is 394 g/mol. The second-order valence-corrected chi connectivity index (χ2v) is 8.13. The highest BCUT2D eigenvalue weighted by atomic mass is 16.5. The molecule has 0 saturated carbocycles. The fraction of sp³-hybridized carbons (Fsp3) is 0.458. The number of benzene rings is 1. The molecule has 1 atom stereocenters. The SMILES string of the molecule is COC1CCCN(C(=O)c2ccc(OC3CCN(C(=O)c4cccnc4)CC3)cc2)C1. The van der Waals surface area contributed by atoms with Crippen molar-refractivity contribution in [3.8, 4) is 5.75 Å². The fourth-order valence-electron chi connectivity index (χ4n) is 4.21. The van der Waals surface area contributed by atoms with Gasteiger partial charge in [0.1, 0.15) is 11.9 Å². The van der Waals surface area contributed by atoms with Gasteiger partial charge in [-0.15, -0.1) is 0 Å². The summed E-state index contributed by atoms with van der Waals surface area (Å²) in [6, 6.07) is 10.9. The van der Waals surface area contributed by atoms with Crippen LogP contribution in [0.4, 0.5) is 0 Å². The molecule has 1 aromatic heterocycles. The van der Waals surface area contributed by atoms with Crippen molar-refractivity contribution in [2.24, 2.45) is 0 Å². The van der Waals surface area contributed by atoms with Gasteiger partial charge in [-0.05, 0) is 49.2 Å².